The molecule has 1 aromatic rings. The summed E-state index contributed by atoms with van der Waals surface area (Å²) < 4.78 is 51.3. The zero-order valence-electron chi connectivity index (χ0n) is 32.0. The van der Waals surface area contributed by atoms with Gasteiger partial charge in [0.25, 0.3) is 6.29 Å². The molecule has 0 radical (unpaired) electrons. The molecule has 0 aromatic heterocycles. The van der Waals surface area contributed by atoms with Crippen LogP contribution in [0.4, 0.5) is 0 Å². The van der Waals surface area contributed by atoms with Crippen molar-refractivity contribution in [1.82, 2.24) is 0 Å². The first-order chi connectivity index (χ1) is 25.2. The van der Waals surface area contributed by atoms with Gasteiger partial charge in [-0.05, 0) is 53.6 Å². The lowest BCUT2D eigenvalue weighted by Gasteiger charge is -2.55. The SMILES string of the molecule is CC(=O)OC[C@H]1O[C@@H](OCc2c(OC(C)=O)c3c(c4c2C(=O)O[C@@H]4OC(C)=O)[C@@]2(C)CCCC(C)(C)[C@@H]2CC3)[C@H](OC(C)=O)[C@@H](OC(C)=O)[C@@H]1OC(C)=O. The molecule has 2 aliphatic heterocycles. The molecule has 4 aliphatic rings. The number of hydrogen-bond donors (Lipinski definition) is 0. The minimum Gasteiger partial charge on any atom is -0.463 e. The van der Waals surface area contributed by atoms with Crippen LogP contribution >= 0.6 is 0 Å². The molecule has 0 bridgehead atoms. The van der Waals surface area contributed by atoms with Crippen LogP contribution in [-0.2, 0) is 85.1 Å². The number of hydrogen-bond acceptors (Lipinski definition) is 16. The third-order valence-corrected chi connectivity index (χ3v) is 10.7. The average Bonchev–Trinajstić information content (AvgIpc) is 3.34. The van der Waals surface area contributed by atoms with E-state index in [1.165, 1.54) is 13.8 Å². The normalized spacial score (nSPS) is 29.3. The number of ether oxygens (including phenoxy) is 9. The predicted octanol–water partition coefficient (Wildman–Crippen LogP) is 3.97. The average molecular weight is 761 g/mol. The molecule has 1 saturated heterocycles. The third kappa shape index (κ3) is 8.09. The quantitative estimate of drug-likeness (QED) is 0.188. The third-order valence-electron chi connectivity index (χ3n) is 10.7. The minimum absolute atomic E-state index is 0.0212. The highest BCUT2D eigenvalue weighted by molar-refractivity contribution is 5.98. The van der Waals surface area contributed by atoms with E-state index < -0.39 is 97.4 Å². The van der Waals surface area contributed by atoms with Crippen LogP contribution in [0.5, 0.6) is 5.75 Å². The molecule has 0 amide bonds. The summed E-state index contributed by atoms with van der Waals surface area (Å²) in [6.07, 6.45) is -4.98. The lowest BCUT2D eigenvalue weighted by Crippen LogP contribution is -2.62. The van der Waals surface area contributed by atoms with Gasteiger partial charge in [-0.3, -0.25) is 28.8 Å². The first-order valence-corrected chi connectivity index (χ1v) is 18.0. The van der Waals surface area contributed by atoms with Crippen LogP contribution in [0.15, 0.2) is 0 Å². The molecule has 1 saturated carbocycles. The van der Waals surface area contributed by atoms with Crippen LogP contribution < -0.4 is 4.74 Å². The summed E-state index contributed by atoms with van der Waals surface area (Å²) in [5.74, 6) is -5.15. The van der Waals surface area contributed by atoms with E-state index in [9.17, 15) is 33.6 Å². The number of rotatable bonds is 10. The van der Waals surface area contributed by atoms with Gasteiger partial charge in [0, 0.05) is 47.1 Å². The van der Waals surface area contributed by atoms with Crippen molar-refractivity contribution in [3.8, 4) is 5.75 Å². The Morgan fingerprint density at radius 3 is 1.96 bits per heavy atom. The van der Waals surface area contributed by atoms with Gasteiger partial charge in [0.2, 0.25) is 0 Å². The van der Waals surface area contributed by atoms with Crippen molar-refractivity contribution in [1.29, 1.82) is 0 Å². The lowest BCUT2D eigenvalue weighted by molar-refractivity contribution is -0.310. The summed E-state index contributed by atoms with van der Waals surface area (Å²) in [5.41, 5.74) is 1.15. The summed E-state index contributed by atoms with van der Waals surface area (Å²) >= 11 is 0. The van der Waals surface area contributed by atoms with Crippen LogP contribution in [-0.4, -0.2) is 79.1 Å². The number of esters is 7. The van der Waals surface area contributed by atoms with Crippen LogP contribution in [0.1, 0.15) is 127 Å². The fourth-order valence-corrected chi connectivity index (χ4v) is 8.98. The molecule has 1 aromatic carbocycles. The highest BCUT2D eigenvalue weighted by atomic mass is 16.7. The molecule has 5 rings (SSSR count). The van der Waals surface area contributed by atoms with E-state index in [-0.39, 0.29) is 28.2 Å². The van der Waals surface area contributed by atoms with Crippen LogP contribution in [0.2, 0.25) is 0 Å². The number of carbonyl (C=O) groups excluding carboxylic acids is 7. The molecule has 0 spiro atoms. The van der Waals surface area contributed by atoms with Crippen molar-refractivity contribution in [3.05, 3.63) is 27.8 Å². The van der Waals surface area contributed by atoms with Crippen molar-refractivity contribution in [2.45, 2.75) is 143 Å². The molecule has 2 heterocycles. The van der Waals surface area contributed by atoms with Gasteiger partial charge in [-0.15, -0.1) is 0 Å². The Hall–Kier alpha value is -4.57. The minimum atomic E-state index is -1.61. The summed E-state index contributed by atoms with van der Waals surface area (Å²) in [4.78, 5) is 87.8. The summed E-state index contributed by atoms with van der Waals surface area (Å²) in [6, 6.07) is 0. The highest BCUT2D eigenvalue weighted by Crippen LogP contribution is 2.61. The van der Waals surface area contributed by atoms with Gasteiger partial charge in [0.1, 0.15) is 18.5 Å². The van der Waals surface area contributed by atoms with E-state index in [2.05, 4.69) is 20.8 Å². The Labute approximate surface area is 312 Å². The Morgan fingerprint density at radius 2 is 1.37 bits per heavy atom. The van der Waals surface area contributed by atoms with Gasteiger partial charge in [0.05, 0.1) is 17.7 Å². The second-order valence-corrected chi connectivity index (χ2v) is 15.1. The fraction of sp³-hybridized carbons (Fsp3) is 0.658. The van der Waals surface area contributed by atoms with E-state index in [4.69, 9.17) is 42.6 Å². The van der Waals surface area contributed by atoms with Crippen molar-refractivity contribution in [2.75, 3.05) is 6.61 Å². The molecule has 296 valence electrons. The van der Waals surface area contributed by atoms with Gasteiger partial charge in [0.15, 0.2) is 24.6 Å². The van der Waals surface area contributed by atoms with E-state index in [0.29, 0.717) is 17.5 Å². The number of cyclic esters (lactones) is 1. The molecule has 2 fully saturated rings. The predicted molar refractivity (Wildman–Crippen MR) is 181 cm³/mol. The van der Waals surface area contributed by atoms with Crippen molar-refractivity contribution < 1.29 is 76.2 Å². The number of fused-ring (bicyclic) bond motifs is 5. The number of benzene rings is 1. The van der Waals surface area contributed by atoms with Crippen LogP contribution in [0.25, 0.3) is 0 Å². The zero-order chi connectivity index (χ0) is 39.9. The molecule has 16 nitrogen and oxygen atoms in total. The Kier molecular flexibility index (Phi) is 11.8. The molecule has 0 unspecified atom stereocenters. The lowest BCUT2D eigenvalue weighted by atomic mass is 9.49. The van der Waals surface area contributed by atoms with Crippen molar-refractivity contribution in [2.24, 2.45) is 11.3 Å². The highest BCUT2D eigenvalue weighted by Gasteiger charge is 2.56. The molecular weight excluding hydrogens is 712 g/mol. The van der Waals surface area contributed by atoms with Gasteiger partial charge >= 0.3 is 41.8 Å². The maximum absolute atomic E-state index is 13.9. The van der Waals surface area contributed by atoms with E-state index in [1.807, 2.05) is 0 Å². The standard InChI is InChI=1S/C38H48O16/c1-17(39)46-16-25-31(49-19(3)41)32(50-20(4)42)33(51-21(5)43)36(53-25)47-15-24-27-28(35(52-22(6)44)54-34(27)45)29-23(30(24)48-18(2)40)11-12-26-37(7,8)13-10-14-38(26,29)9/h25-26,31-33,35-36H,10-16H2,1-9H3/t25-,26+,31-,32+,33-,35+,36-,38+/m1/s1. The number of carbonyl (C=O) groups is 7. The Balaban J connectivity index is 1.68. The van der Waals surface area contributed by atoms with Gasteiger partial charge < -0.3 is 42.6 Å². The topological polar surface area (TPSA) is 203 Å². The molecule has 2 aliphatic carbocycles. The molecule has 16 heteroatoms. The van der Waals surface area contributed by atoms with Gasteiger partial charge in [-0.1, -0.05) is 27.2 Å². The fourth-order valence-electron chi connectivity index (χ4n) is 8.98. The first kappa shape index (κ1) is 40.6. The largest absolute Gasteiger partial charge is 0.463 e. The summed E-state index contributed by atoms with van der Waals surface area (Å²) in [7, 11) is 0. The van der Waals surface area contributed by atoms with E-state index >= 15 is 0 Å². The van der Waals surface area contributed by atoms with Gasteiger partial charge in [-0.25, -0.2) is 4.79 Å². The van der Waals surface area contributed by atoms with E-state index in [1.54, 1.807) is 0 Å². The Bertz CT molecular complexity index is 1730. The smallest absolute Gasteiger partial charge is 0.342 e. The summed E-state index contributed by atoms with van der Waals surface area (Å²) in [5, 5.41) is 0. The van der Waals surface area contributed by atoms with Crippen molar-refractivity contribution >= 4 is 41.8 Å². The van der Waals surface area contributed by atoms with Crippen molar-refractivity contribution in [3.63, 3.8) is 0 Å². The van der Waals surface area contributed by atoms with Gasteiger partial charge in [-0.2, -0.15) is 0 Å². The second-order valence-electron chi connectivity index (χ2n) is 15.1. The first-order valence-electron chi connectivity index (χ1n) is 18.0. The van der Waals surface area contributed by atoms with Crippen LogP contribution in [0.3, 0.4) is 0 Å². The maximum atomic E-state index is 13.9. The monoisotopic (exact) mass is 760 g/mol. The summed E-state index contributed by atoms with van der Waals surface area (Å²) in [6.45, 7) is 12.4. The zero-order valence-corrected chi connectivity index (χ0v) is 32.0. The molecular formula is C38H48O16. The van der Waals surface area contributed by atoms with Crippen LogP contribution in [0, 0.1) is 11.3 Å². The molecule has 0 N–H and O–H groups in total. The Morgan fingerprint density at radius 1 is 0.759 bits per heavy atom. The molecule has 54 heavy (non-hydrogen) atoms. The second kappa shape index (κ2) is 15.7. The molecule has 8 atom stereocenters. The van der Waals surface area contributed by atoms with E-state index in [0.717, 1.165) is 58.9 Å². The maximum Gasteiger partial charge on any atom is 0.342 e.